The Morgan fingerprint density at radius 3 is 1.43 bits per heavy atom. The first-order chi connectivity index (χ1) is 25.1. The molecule has 0 saturated carbocycles. The Labute approximate surface area is 297 Å². The SMILES string of the molecule is CC1(C)c2cc3ccccc3cc2-c2c(-c3c4ccccc4c(-c4nc(-c5ccccc5)cc(-c5ccccc5)n4)c4ccccc34)cccc21. The van der Waals surface area contributed by atoms with Crippen LogP contribution in [0.4, 0.5) is 0 Å². The highest BCUT2D eigenvalue weighted by molar-refractivity contribution is 6.22. The van der Waals surface area contributed by atoms with E-state index in [0.717, 1.165) is 44.7 Å². The summed E-state index contributed by atoms with van der Waals surface area (Å²) in [4.78, 5) is 10.7. The van der Waals surface area contributed by atoms with E-state index in [2.05, 4.69) is 172 Å². The molecule has 2 heteroatoms. The van der Waals surface area contributed by atoms with Crippen LogP contribution in [-0.2, 0) is 5.41 Å². The van der Waals surface area contributed by atoms with Crippen molar-refractivity contribution in [2.24, 2.45) is 0 Å². The Bertz CT molecular complexity index is 2700. The fourth-order valence-electron chi connectivity index (χ4n) is 8.41. The minimum atomic E-state index is -0.129. The fourth-order valence-corrected chi connectivity index (χ4v) is 8.41. The summed E-state index contributed by atoms with van der Waals surface area (Å²) >= 11 is 0. The summed E-state index contributed by atoms with van der Waals surface area (Å²) in [6.07, 6.45) is 0. The molecule has 51 heavy (non-hydrogen) atoms. The predicted octanol–water partition coefficient (Wildman–Crippen LogP) is 12.9. The van der Waals surface area contributed by atoms with E-state index >= 15 is 0 Å². The molecule has 0 bridgehead atoms. The molecule has 240 valence electrons. The summed E-state index contributed by atoms with van der Waals surface area (Å²) in [5.41, 5.74) is 12.8. The van der Waals surface area contributed by atoms with Crippen molar-refractivity contribution in [3.05, 3.63) is 181 Å². The first-order valence-electron chi connectivity index (χ1n) is 17.7. The van der Waals surface area contributed by atoms with E-state index < -0.39 is 0 Å². The van der Waals surface area contributed by atoms with E-state index in [1.54, 1.807) is 0 Å². The van der Waals surface area contributed by atoms with E-state index in [-0.39, 0.29) is 5.41 Å². The highest BCUT2D eigenvalue weighted by Crippen LogP contribution is 2.55. The molecule has 1 heterocycles. The van der Waals surface area contributed by atoms with Gasteiger partial charge in [-0.3, -0.25) is 0 Å². The monoisotopic (exact) mass is 650 g/mol. The average molecular weight is 651 g/mol. The first kappa shape index (κ1) is 29.5. The summed E-state index contributed by atoms with van der Waals surface area (Å²) in [5.74, 6) is 0.727. The zero-order valence-electron chi connectivity index (χ0n) is 28.6. The van der Waals surface area contributed by atoms with Crippen molar-refractivity contribution in [1.82, 2.24) is 9.97 Å². The molecule has 0 spiro atoms. The molecule has 0 aliphatic heterocycles. The molecule has 8 aromatic carbocycles. The summed E-state index contributed by atoms with van der Waals surface area (Å²) in [6, 6.07) is 61.1. The van der Waals surface area contributed by atoms with Crippen molar-refractivity contribution in [3.63, 3.8) is 0 Å². The highest BCUT2D eigenvalue weighted by Gasteiger charge is 2.37. The van der Waals surface area contributed by atoms with Crippen molar-refractivity contribution in [1.29, 1.82) is 0 Å². The second-order valence-electron chi connectivity index (χ2n) is 14.1. The molecule has 0 amide bonds. The minimum absolute atomic E-state index is 0.129. The Balaban J connectivity index is 1.30. The molecule has 0 N–H and O–H groups in total. The standard InChI is InChI=1S/C49H34N2/c1-49(2)41-27-15-26-39(46(41)40-28-33-20-9-10-21-34(33)29-42(40)49)45-35-22-11-13-24-37(35)47(38-25-14-12-23-36(38)45)48-50-43(31-16-5-3-6-17-31)30-44(51-48)32-18-7-4-8-19-32/h3-30H,1-2H3. The van der Waals surface area contributed by atoms with Crippen LogP contribution in [0.3, 0.4) is 0 Å². The zero-order chi connectivity index (χ0) is 34.1. The molecular weight excluding hydrogens is 617 g/mol. The zero-order valence-corrected chi connectivity index (χ0v) is 28.6. The molecular formula is C49H34N2. The molecule has 0 radical (unpaired) electrons. The van der Waals surface area contributed by atoms with Gasteiger partial charge in [0.1, 0.15) is 0 Å². The Morgan fingerprint density at radius 1 is 0.373 bits per heavy atom. The van der Waals surface area contributed by atoms with Crippen LogP contribution in [0.25, 0.3) is 88.5 Å². The summed E-state index contributed by atoms with van der Waals surface area (Å²) in [5, 5.41) is 7.23. The van der Waals surface area contributed by atoms with Crippen LogP contribution in [0, 0.1) is 0 Å². The van der Waals surface area contributed by atoms with Gasteiger partial charge in [-0.2, -0.15) is 0 Å². The number of rotatable bonds is 4. The lowest BCUT2D eigenvalue weighted by atomic mass is 9.81. The van der Waals surface area contributed by atoms with Gasteiger partial charge in [0.25, 0.3) is 0 Å². The summed E-state index contributed by atoms with van der Waals surface area (Å²) in [6.45, 7) is 4.74. The largest absolute Gasteiger partial charge is 0.228 e. The second-order valence-corrected chi connectivity index (χ2v) is 14.1. The van der Waals surface area contributed by atoms with E-state index in [1.165, 1.54) is 54.9 Å². The third-order valence-electron chi connectivity index (χ3n) is 10.9. The molecule has 9 aromatic rings. The van der Waals surface area contributed by atoms with Gasteiger partial charge in [-0.25, -0.2) is 9.97 Å². The van der Waals surface area contributed by atoms with Crippen LogP contribution in [0.2, 0.25) is 0 Å². The lowest BCUT2D eigenvalue weighted by molar-refractivity contribution is 0.661. The van der Waals surface area contributed by atoms with E-state index in [9.17, 15) is 0 Å². The number of aromatic nitrogens is 2. The molecule has 0 fully saturated rings. The third-order valence-corrected chi connectivity index (χ3v) is 10.9. The number of hydrogen-bond donors (Lipinski definition) is 0. The van der Waals surface area contributed by atoms with Crippen molar-refractivity contribution < 1.29 is 0 Å². The Hall–Kier alpha value is -6.38. The minimum Gasteiger partial charge on any atom is -0.228 e. The average Bonchev–Trinajstić information content (AvgIpc) is 3.41. The van der Waals surface area contributed by atoms with Crippen LogP contribution >= 0.6 is 0 Å². The normalized spacial score (nSPS) is 13.1. The maximum Gasteiger partial charge on any atom is 0.161 e. The smallest absolute Gasteiger partial charge is 0.161 e. The van der Waals surface area contributed by atoms with Gasteiger partial charge in [0.2, 0.25) is 0 Å². The van der Waals surface area contributed by atoms with Gasteiger partial charge in [0.05, 0.1) is 11.4 Å². The van der Waals surface area contributed by atoms with Crippen LogP contribution in [0.5, 0.6) is 0 Å². The van der Waals surface area contributed by atoms with Crippen molar-refractivity contribution >= 4 is 32.3 Å². The molecule has 1 aromatic heterocycles. The maximum absolute atomic E-state index is 5.33. The molecule has 0 saturated heterocycles. The molecule has 2 nitrogen and oxygen atoms in total. The Morgan fingerprint density at radius 2 is 0.863 bits per heavy atom. The molecule has 1 aliphatic rings. The Kier molecular flexibility index (Phi) is 6.56. The first-order valence-corrected chi connectivity index (χ1v) is 17.7. The number of hydrogen-bond acceptors (Lipinski definition) is 2. The van der Waals surface area contributed by atoms with E-state index in [1.807, 2.05) is 12.1 Å². The van der Waals surface area contributed by atoms with Crippen LogP contribution in [-0.4, -0.2) is 9.97 Å². The lowest BCUT2D eigenvalue weighted by Crippen LogP contribution is -2.14. The van der Waals surface area contributed by atoms with Crippen LogP contribution in [0.1, 0.15) is 25.0 Å². The van der Waals surface area contributed by atoms with Gasteiger partial charge in [0, 0.05) is 22.1 Å². The van der Waals surface area contributed by atoms with Crippen molar-refractivity contribution in [3.8, 4) is 56.2 Å². The van der Waals surface area contributed by atoms with Gasteiger partial charge < -0.3 is 0 Å². The molecule has 0 unspecified atom stereocenters. The number of fused-ring (bicyclic) bond motifs is 6. The van der Waals surface area contributed by atoms with E-state index in [4.69, 9.17) is 9.97 Å². The van der Waals surface area contributed by atoms with Gasteiger partial charge >= 0.3 is 0 Å². The highest BCUT2D eigenvalue weighted by atomic mass is 14.9. The topological polar surface area (TPSA) is 25.8 Å². The summed E-state index contributed by atoms with van der Waals surface area (Å²) in [7, 11) is 0. The maximum atomic E-state index is 5.33. The molecule has 10 rings (SSSR count). The predicted molar refractivity (Wildman–Crippen MR) is 214 cm³/mol. The van der Waals surface area contributed by atoms with Gasteiger partial charge in [0.15, 0.2) is 5.82 Å². The summed E-state index contributed by atoms with van der Waals surface area (Å²) < 4.78 is 0. The quantitative estimate of drug-likeness (QED) is 0.177. The van der Waals surface area contributed by atoms with Crippen molar-refractivity contribution in [2.75, 3.05) is 0 Å². The fraction of sp³-hybridized carbons (Fsp3) is 0.0612. The number of nitrogens with zero attached hydrogens (tertiary/aromatic N) is 2. The van der Waals surface area contributed by atoms with Crippen LogP contribution in [0.15, 0.2) is 170 Å². The van der Waals surface area contributed by atoms with Gasteiger partial charge in [-0.05, 0) is 83.9 Å². The number of benzene rings is 8. The lowest BCUT2D eigenvalue weighted by Gasteiger charge is -2.22. The van der Waals surface area contributed by atoms with Crippen LogP contribution < -0.4 is 0 Å². The van der Waals surface area contributed by atoms with Crippen molar-refractivity contribution in [2.45, 2.75) is 19.3 Å². The van der Waals surface area contributed by atoms with Gasteiger partial charge in [-0.15, -0.1) is 0 Å². The molecule has 1 aliphatic carbocycles. The molecule has 0 atom stereocenters. The van der Waals surface area contributed by atoms with E-state index in [0.29, 0.717) is 0 Å². The second kappa shape index (κ2) is 11.3. The van der Waals surface area contributed by atoms with Gasteiger partial charge in [-0.1, -0.05) is 166 Å². The third kappa shape index (κ3) is 4.57.